The normalized spacial score (nSPS) is 16.5. The number of hydrogen-bond donors (Lipinski definition) is 2. The molecule has 0 bridgehead atoms. The van der Waals surface area contributed by atoms with Crippen molar-refractivity contribution in [1.82, 2.24) is 0 Å². The number of aliphatic hydroxyl groups is 1. The zero-order chi connectivity index (χ0) is 27.4. The maximum atomic E-state index is 13.4. The fourth-order valence-corrected chi connectivity index (χ4v) is 4.53. The molecule has 198 valence electrons. The van der Waals surface area contributed by atoms with Gasteiger partial charge in [-0.2, -0.15) is 0 Å². The standard InChI is InChI=1S/C30H31NO7/c1-5-36-22-12-10-21(11-13-22)31-27(19-8-14-23(32)25(17-19)38-7-3)26(29(34)30(31)35)28(33)20-9-15-24(37-6-2)18(4)16-20/h8-17,27,32-33H,5-7H2,1-4H3/b28-26-. The van der Waals surface area contributed by atoms with Gasteiger partial charge in [0, 0.05) is 11.3 Å². The van der Waals surface area contributed by atoms with Crippen LogP contribution in [0.25, 0.3) is 5.76 Å². The van der Waals surface area contributed by atoms with Gasteiger partial charge in [-0.3, -0.25) is 14.5 Å². The number of benzene rings is 3. The Labute approximate surface area is 221 Å². The lowest BCUT2D eigenvalue weighted by molar-refractivity contribution is -0.132. The fraction of sp³-hybridized carbons (Fsp3) is 0.267. The largest absolute Gasteiger partial charge is 0.507 e. The third-order valence-corrected chi connectivity index (χ3v) is 6.22. The molecule has 1 saturated heterocycles. The van der Waals surface area contributed by atoms with Crippen molar-refractivity contribution in [2.45, 2.75) is 33.7 Å². The molecule has 1 amide bonds. The van der Waals surface area contributed by atoms with Crippen LogP contribution in [0.2, 0.25) is 0 Å². The van der Waals surface area contributed by atoms with Gasteiger partial charge in [0.25, 0.3) is 11.7 Å². The van der Waals surface area contributed by atoms with E-state index in [1.54, 1.807) is 61.5 Å². The van der Waals surface area contributed by atoms with E-state index < -0.39 is 17.7 Å². The summed E-state index contributed by atoms with van der Waals surface area (Å²) in [7, 11) is 0. The van der Waals surface area contributed by atoms with Crippen LogP contribution in [0.1, 0.15) is 43.5 Å². The van der Waals surface area contributed by atoms with Crippen LogP contribution in [0.4, 0.5) is 5.69 Å². The minimum Gasteiger partial charge on any atom is -0.507 e. The van der Waals surface area contributed by atoms with Gasteiger partial charge in [-0.05, 0) is 93.4 Å². The summed E-state index contributed by atoms with van der Waals surface area (Å²) in [5, 5.41) is 21.7. The Morgan fingerprint density at radius 3 is 2.13 bits per heavy atom. The molecular formula is C30H31NO7. The Bertz CT molecular complexity index is 1380. The molecule has 0 aliphatic carbocycles. The molecule has 1 heterocycles. The molecule has 0 saturated carbocycles. The minimum absolute atomic E-state index is 0.0689. The average Bonchev–Trinajstić information content (AvgIpc) is 3.17. The minimum atomic E-state index is -0.973. The van der Waals surface area contributed by atoms with Gasteiger partial charge in [0.1, 0.15) is 17.3 Å². The maximum Gasteiger partial charge on any atom is 0.300 e. The smallest absolute Gasteiger partial charge is 0.300 e. The number of aryl methyl sites for hydroxylation is 1. The first-order valence-corrected chi connectivity index (χ1v) is 12.5. The lowest BCUT2D eigenvalue weighted by Gasteiger charge is -2.26. The number of anilines is 1. The Morgan fingerprint density at radius 1 is 0.842 bits per heavy atom. The molecule has 1 unspecified atom stereocenters. The number of aliphatic hydroxyl groups excluding tert-OH is 1. The predicted molar refractivity (Wildman–Crippen MR) is 144 cm³/mol. The summed E-state index contributed by atoms with van der Waals surface area (Å²) in [6.07, 6.45) is 0. The molecule has 8 nitrogen and oxygen atoms in total. The molecule has 3 aromatic rings. The summed E-state index contributed by atoms with van der Waals surface area (Å²) in [6, 6.07) is 15.5. The predicted octanol–water partition coefficient (Wildman–Crippen LogP) is 5.52. The Kier molecular flexibility index (Phi) is 7.90. The number of rotatable bonds is 9. The first kappa shape index (κ1) is 26.6. The number of carbonyl (C=O) groups is 2. The number of phenols is 1. The van der Waals surface area contributed by atoms with E-state index in [1.165, 1.54) is 11.0 Å². The van der Waals surface area contributed by atoms with Gasteiger partial charge in [-0.25, -0.2) is 0 Å². The van der Waals surface area contributed by atoms with Crippen molar-refractivity contribution in [1.29, 1.82) is 0 Å². The molecule has 1 aliphatic rings. The summed E-state index contributed by atoms with van der Waals surface area (Å²) >= 11 is 0. The molecule has 38 heavy (non-hydrogen) atoms. The van der Waals surface area contributed by atoms with Crippen LogP contribution >= 0.6 is 0 Å². The van der Waals surface area contributed by atoms with Gasteiger partial charge in [0.15, 0.2) is 11.5 Å². The van der Waals surface area contributed by atoms with Gasteiger partial charge in [-0.1, -0.05) is 6.07 Å². The summed E-state index contributed by atoms with van der Waals surface area (Å²) in [5.74, 6) is -0.491. The van der Waals surface area contributed by atoms with Crippen molar-refractivity contribution in [3.05, 3.63) is 82.9 Å². The van der Waals surface area contributed by atoms with Crippen LogP contribution in [0.5, 0.6) is 23.0 Å². The number of aromatic hydroxyl groups is 1. The highest BCUT2D eigenvalue weighted by atomic mass is 16.5. The number of hydrogen-bond acceptors (Lipinski definition) is 7. The van der Waals surface area contributed by atoms with E-state index in [9.17, 15) is 19.8 Å². The van der Waals surface area contributed by atoms with Gasteiger partial charge in [-0.15, -0.1) is 0 Å². The first-order chi connectivity index (χ1) is 18.3. The van der Waals surface area contributed by atoms with Crippen molar-refractivity contribution in [2.24, 2.45) is 0 Å². The second kappa shape index (κ2) is 11.3. The SMILES string of the molecule is CCOc1ccc(N2C(=O)C(=O)/C(=C(\O)c3ccc(OCC)c(C)c3)C2c2ccc(O)c(OCC)c2)cc1. The van der Waals surface area contributed by atoms with Crippen molar-refractivity contribution in [3.63, 3.8) is 0 Å². The molecule has 0 spiro atoms. The highest BCUT2D eigenvalue weighted by molar-refractivity contribution is 6.51. The molecule has 0 radical (unpaired) electrons. The summed E-state index contributed by atoms with van der Waals surface area (Å²) in [5.41, 5.74) is 2.03. The number of carbonyl (C=O) groups excluding carboxylic acids is 2. The van der Waals surface area contributed by atoms with Gasteiger partial charge in [0.2, 0.25) is 0 Å². The number of ketones is 1. The highest BCUT2D eigenvalue weighted by Crippen LogP contribution is 2.44. The van der Waals surface area contributed by atoms with Crippen molar-refractivity contribution >= 4 is 23.1 Å². The molecule has 0 aromatic heterocycles. The third-order valence-electron chi connectivity index (χ3n) is 6.22. The first-order valence-electron chi connectivity index (χ1n) is 12.5. The van der Waals surface area contributed by atoms with Crippen LogP contribution in [0, 0.1) is 6.92 Å². The monoisotopic (exact) mass is 517 g/mol. The van der Waals surface area contributed by atoms with Crippen LogP contribution in [-0.2, 0) is 9.59 Å². The van der Waals surface area contributed by atoms with Gasteiger partial charge < -0.3 is 24.4 Å². The van der Waals surface area contributed by atoms with E-state index in [1.807, 2.05) is 20.8 Å². The Balaban J connectivity index is 1.90. The van der Waals surface area contributed by atoms with Crippen LogP contribution in [0.3, 0.4) is 0 Å². The summed E-state index contributed by atoms with van der Waals surface area (Å²) < 4.78 is 16.7. The number of amides is 1. The molecule has 3 aromatic carbocycles. The molecule has 1 atom stereocenters. The highest BCUT2D eigenvalue weighted by Gasteiger charge is 2.47. The van der Waals surface area contributed by atoms with E-state index in [-0.39, 0.29) is 22.8 Å². The molecule has 8 heteroatoms. The number of ether oxygens (including phenoxy) is 3. The Morgan fingerprint density at radius 2 is 1.50 bits per heavy atom. The molecule has 1 fully saturated rings. The van der Waals surface area contributed by atoms with Crippen LogP contribution < -0.4 is 19.1 Å². The topological polar surface area (TPSA) is 106 Å². The van der Waals surface area contributed by atoms with Crippen molar-refractivity contribution in [2.75, 3.05) is 24.7 Å². The van der Waals surface area contributed by atoms with Crippen molar-refractivity contribution < 1.29 is 34.0 Å². The molecule has 4 rings (SSSR count). The van der Waals surface area contributed by atoms with E-state index in [2.05, 4.69) is 0 Å². The van der Waals surface area contributed by atoms with E-state index >= 15 is 0 Å². The van der Waals surface area contributed by atoms with E-state index in [0.717, 1.165) is 5.56 Å². The summed E-state index contributed by atoms with van der Waals surface area (Å²) in [6.45, 7) is 8.65. The third kappa shape index (κ3) is 5.02. The molecule has 2 N–H and O–H groups in total. The molecule has 1 aliphatic heterocycles. The van der Waals surface area contributed by atoms with E-state index in [4.69, 9.17) is 14.2 Å². The quantitative estimate of drug-likeness (QED) is 0.219. The molecular weight excluding hydrogens is 486 g/mol. The second-order valence-electron chi connectivity index (χ2n) is 8.67. The maximum absolute atomic E-state index is 13.4. The van der Waals surface area contributed by atoms with Crippen LogP contribution in [-0.4, -0.2) is 41.7 Å². The Hall–Kier alpha value is -4.46. The van der Waals surface area contributed by atoms with Crippen LogP contribution in [0.15, 0.2) is 66.2 Å². The zero-order valence-electron chi connectivity index (χ0n) is 21.9. The zero-order valence-corrected chi connectivity index (χ0v) is 21.9. The van der Waals surface area contributed by atoms with Gasteiger partial charge >= 0.3 is 0 Å². The summed E-state index contributed by atoms with van der Waals surface area (Å²) in [4.78, 5) is 28.2. The number of nitrogens with zero attached hydrogens (tertiary/aromatic N) is 1. The lowest BCUT2D eigenvalue weighted by Crippen LogP contribution is -2.29. The number of phenolic OH excluding ortho intramolecular Hbond substituents is 1. The second-order valence-corrected chi connectivity index (χ2v) is 8.67. The number of Topliss-reactive ketones (excluding diaryl/α,β-unsaturated/α-hetero) is 1. The lowest BCUT2D eigenvalue weighted by atomic mass is 9.94. The fourth-order valence-electron chi connectivity index (χ4n) is 4.53. The van der Waals surface area contributed by atoms with Gasteiger partial charge in [0.05, 0.1) is 31.4 Å². The van der Waals surface area contributed by atoms with E-state index in [0.29, 0.717) is 48.1 Å². The van der Waals surface area contributed by atoms with Crippen molar-refractivity contribution in [3.8, 4) is 23.0 Å². The average molecular weight is 518 g/mol.